The largest absolute Gasteiger partial charge is 0.464 e. The zero-order valence-corrected chi connectivity index (χ0v) is 10.4. The SMILES string of the molecule is COC(=O)/C(=N/NSI)C(Cl)Cl. The second-order valence-corrected chi connectivity index (χ2v) is 4.21. The van der Waals surface area contributed by atoms with Crippen molar-refractivity contribution in [3.63, 3.8) is 0 Å². The van der Waals surface area contributed by atoms with Crippen molar-refractivity contribution in [2.45, 2.75) is 4.84 Å². The predicted molar refractivity (Wildman–Crippen MR) is 59.7 cm³/mol. The van der Waals surface area contributed by atoms with Crippen LogP contribution in [0.3, 0.4) is 0 Å². The fourth-order valence-electron chi connectivity index (χ4n) is 0.355. The number of rotatable bonds is 4. The number of ether oxygens (including phenoxy) is 1. The number of hydrazone groups is 1. The summed E-state index contributed by atoms with van der Waals surface area (Å²) in [4.78, 5) is 12.4. The molecule has 0 spiro atoms. The lowest BCUT2D eigenvalue weighted by atomic mass is 10.4. The Morgan fingerprint density at radius 2 is 2.33 bits per heavy atom. The first kappa shape index (κ1) is 12.6. The Morgan fingerprint density at radius 1 is 1.75 bits per heavy atom. The number of hydrogen-bond acceptors (Lipinski definition) is 5. The number of alkyl halides is 2. The number of esters is 1. The number of carbonyl (C=O) groups excluding carboxylic acids is 1. The van der Waals surface area contributed by atoms with Crippen LogP contribution in [-0.4, -0.2) is 23.6 Å². The van der Waals surface area contributed by atoms with Gasteiger partial charge in [-0.15, -0.1) is 0 Å². The first-order chi connectivity index (χ1) is 5.63. The van der Waals surface area contributed by atoms with Crippen molar-refractivity contribution < 1.29 is 9.53 Å². The average Bonchev–Trinajstić information content (AvgIpc) is 2.04. The maximum Gasteiger partial charge on any atom is 0.357 e. The van der Waals surface area contributed by atoms with Crippen molar-refractivity contribution in [2.24, 2.45) is 5.10 Å². The molecule has 0 bridgehead atoms. The van der Waals surface area contributed by atoms with Crippen LogP contribution in [0.5, 0.6) is 0 Å². The summed E-state index contributed by atoms with van der Waals surface area (Å²) in [5.74, 6) is -0.650. The molecule has 0 amide bonds. The molecule has 0 atom stereocenters. The molecular weight excluding hydrogens is 338 g/mol. The van der Waals surface area contributed by atoms with Crippen LogP contribution >= 0.6 is 53.5 Å². The summed E-state index contributed by atoms with van der Waals surface area (Å²) in [6, 6.07) is 0. The second kappa shape index (κ2) is 7.05. The monoisotopic (exact) mass is 342 g/mol. The van der Waals surface area contributed by atoms with E-state index in [2.05, 4.69) is 14.7 Å². The molecule has 0 unspecified atom stereocenters. The third-order valence-electron chi connectivity index (χ3n) is 0.802. The highest BCUT2D eigenvalue weighted by Crippen LogP contribution is 2.08. The molecule has 0 rings (SSSR count). The highest BCUT2D eigenvalue weighted by Gasteiger charge is 2.19. The van der Waals surface area contributed by atoms with E-state index in [9.17, 15) is 4.79 Å². The van der Waals surface area contributed by atoms with Gasteiger partial charge < -0.3 is 4.74 Å². The number of nitrogens with zero attached hydrogens (tertiary/aromatic N) is 1. The Morgan fingerprint density at radius 3 is 2.67 bits per heavy atom. The lowest BCUT2D eigenvalue weighted by molar-refractivity contribution is -0.132. The minimum absolute atomic E-state index is 0.0648. The van der Waals surface area contributed by atoms with Crippen LogP contribution in [0.15, 0.2) is 5.10 Å². The minimum atomic E-state index is -0.992. The molecule has 0 aromatic rings. The van der Waals surface area contributed by atoms with Gasteiger partial charge in [0.25, 0.3) is 0 Å². The Hall–Kier alpha value is 0.600. The van der Waals surface area contributed by atoms with Crippen molar-refractivity contribution in [3.05, 3.63) is 0 Å². The van der Waals surface area contributed by atoms with Crippen molar-refractivity contribution in [1.82, 2.24) is 4.83 Å². The Labute approximate surface area is 96.1 Å². The molecule has 12 heavy (non-hydrogen) atoms. The average molecular weight is 343 g/mol. The fraction of sp³-hybridized carbons (Fsp3) is 0.500. The molecule has 1 N–H and O–H groups in total. The molecule has 70 valence electrons. The maximum atomic E-state index is 10.9. The first-order valence-corrected chi connectivity index (χ1v) is 6.83. The van der Waals surface area contributed by atoms with E-state index in [1.165, 1.54) is 16.2 Å². The van der Waals surface area contributed by atoms with E-state index in [0.717, 1.165) is 0 Å². The van der Waals surface area contributed by atoms with Gasteiger partial charge in [-0.3, -0.25) is 0 Å². The van der Waals surface area contributed by atoms with Crippen molar-refractivity contribution in [2.75, 3.05) is 7.11 Å². The molecule has 0 aliphatic rings. The highest BCUT2D eigenvalue weighted by atomic mass is 127. The topological polar surface area (TPSA) is 50.7 Å². The molecule has 0 fully saturated rings. The van der Waals surface area contributed by atoms with Gasteiger partial charge in [0.2, 0.25) is 0 Å². The van der Waals surface area contributed by atoms with Gasteiger partial charge in [-0.1, -0.05) is 23.2 Å². The first-order valence-electron chi connectivity index (χ1n) is 2.60. The molecule has 0 aliphatic heterocycles. The lowest BCUT2D eigenvalue weighted by Gasteiger charge is -2.03. The van der Waals surface area contributed by atoms with E-state index < -0.39 is 10.8 Å². The Balaban J connectivity index is 4.32. The number of carbonyl (C=O) groups is 1. The van der Waals surface area contributed by atoms with Gasteiger partial charge in [-0.2, -0.15) is 5.10 Å². The van der Waals surface area contributed by atoms with Gasteiger partial charge in [-0.25, -0.2) is 9.63 Å². The number of nitrogens with one attached hydrogen (secondary N) is 1. The summed E-state index contributed by atoms with van der Waals surface area (Å²) in [7, 11) is 2.41. The smallest absolute Gasteiger partial charge is 0.357 e. The fourth-order valence-corrected chi connectivity index (χ4v) is 1.06. The standard InChI is InChI=1S/C4H5Cl2IN2O2S/c1-11-4(10)2(3(5)6)8-9-12-7/h3,9H,1H3/b8-2+. The van der Waals surface area contributed by atoms with Crippen LogP contribution in [0.2, 0.25) is 0 Å². The van der Waals surface area contributed by atoms with Crippen LogP contribution in [0.4, 0.5) is 0 Å². The molecule has 0 aliphatic carbocycles. The molecule has 0 aromatic heterocycles. The van der Waals surface area contributed by atoms with Gasteiger partial charge in [0.15, 0.2) is 10.5 Å². The molecule has 0 aromatic carbocycles. The van der Waals surface area contributed by atoms with E-state index in [-0.39, 0.29) is 5.71 Å². The molecule has 0 saturated heterocycles. The van der Waals surface area contributed by atoms with Crippen molar-refractivity contribution >= 4 is 65.2 Å². The van der Waals surface area contributed by atoms with Gasteiger partial charge in [-0.05, 0) is 0 Å². The lowest BCUT2D eigenvalue weighted by Crippen LogP contribution is -2.24. The van der Waals surface area contributed by atoms with Gasteiger partial charge in [0.1, 0.15) is 0 Å². The molecule has 0 saturated carbocycles. The summed E-state index contributed by atoms with van der Waals surface area (Å²) < 4.78 is 4.38. The van der Waals surface area contributed by atoms with E-state index in [1.807, 2.05) is 21.2 Å². The summed E-state index contributed by atoms with van der Waals surface area (Å²) in [6.07, 6.45) is 0. The van der Waals surface area contributed by atoms with Gasteiger partial charge >= 0.3 is 5.97 Å². The van der Waals surface area contributed by atoms with Crippen molar-refractivity contribution in [1.29, 1.82) is 0 Å². The summed E-state index contributed by atoms with van der Waals surface area (Å²) in [5, 5.41) is 3.60. The molecule has 4 nitrogen and oxygen atoms in total. The molecule has 8 heteroatoms. The third-order valence-corrected chi connectivity index (χ3v) is 1.97. The van der Waals surface area contributed by atoms with Crippen LogP contribution in [-0.2, 0) is 9.53 Å². The second-order valence-electron chi connectivity index (χ2n) is 1.46. The Kier molecular flexibility index (Phi) is 7.40. The Bertz CT molecular complexity index is 190. The van der Waals surface area contributed by atoms with E-state index in [0.29, 0.717) is 0 Å². The molecular formula is C4H5Cl2IN2O2S. The normalized spacial score (nSPS) is 11.6. The summed E-state index contributed by atoms with van der Waals surface area (Å²) in [5.41, 5.74) is -0.0648. The molecule has 0 heterocycles. The number of hydrogen-bond donors (Lipinski definition) is 1. The van der Waals surface area contributed by atoms with E-state index >= 15 is 0 Å². The van der Waals surface area contributed by atoms with Crippen molar-refractivity contribution in [3.8, 4) is 0 Å². The highest BCUT2D eigenvalue weighted by molar-refractivity contribution is 14.2. The predicted octanol–water partition coefficient (Wildman–Crippen LogP) is 1.91. The molecule has 0 radical (unpaired) electrons. The minimum Gasteiger partial charge on any atom is -0.464 e. The maximum absolute atomic E-state index is 10.9. The number of methoxy groups -OCH3 is 1. The quantitative estimate of drug-likeness (QED) is 0.212. The summed E-state index contributed by atoms with van der Waals surface area (Å²) >= 11 is 12.8. The van der Waals surface area contributed by atoms with Gasteiger partial charge in [0, 0.05) is 30.3 Å². The van der Waals surface area contributed by atoms with E-state index in [1.54, 1.807) is 0 Å². The van der Waals surface area contributed by atoms with Crippen LogP contribution in [0.25, 0.3) is 0 Å². The van der Waals surface area contributed by atoms with Crippen LogP contribution in [0.1, 0.15) is 0 Å². The van der Waals surface area contributed by atoms with E-state index in [4.69, 9.17) is 23.2 Å². The summed E-state index contributed by atoms with van der Waals surface area (Å²) in [6.45, 7) is 0. The van der Waals surface area contributed by atoms with Crippen LogP contribution in [0, 0.1) is 0 Å². The zero-order valence-electron chi connectivity index (χ0n) is 5.88. The zero-order chi connectivity index (χ0) is 9.56. The van der Waals surface area contributed by atoms with Crippen LogP contribution < -0.4 is 4.83 Å². The van der Waals surface area contributed by atoms with Gasteiger partial charge in [0.05, 0.1) is 7.11 Å². The number of halogens is 3. The third kappa shape index (κ3) is 4.58.